The minimum absolute atomic E-state index is 0.578. The lowest BCUT2D eigenvalue weighted by atomic mass is 10.1. The van der Waals surface area contributed by atoms with Crippen molar-refractivity contribution in [3.05, 3.63) is 75.8 Å². The van der Waals surface area contributed by atoms with E-state index in [2.05, 4.69) is 46.8 Å². The number of hydrogen-bond donors (Lipinski definition) is 2. The van der Waals surface area contributed by atoms with Crippen LogP contribution in [0.4, 0.5) is 0 Å². The van der Waals surface area contributed by atoms with Crippen molar-refractivity contribution in [2.45, 2.75) is 33.4 Å². The molecule has 25 heavy (non-hydrogen) atoms. The SMILES string of the molecule is CCc1n[nH]c(=S)n1NCc1ccc(OCc2ccccc2C)cc1. The van der Waals surface area contributed by atoms with E-state index in [-0.39, 0.29) is 0 Å². The molecule has 3 rings (SSSR count). The summed E-state index contributed by atoms with van der Waals surface area (Å²) in [6.07, 6.45) is 0.811. The Kier molecular flexibility index (Phi) is 5.50. The normalized spacial score (nSPS) is 10.6. The first-order chi connectivity index (χ1) is 12.2. The molecule has 0 fully saturated rings. The van der Waals surface area contributed by atoms with Crippen LogP contribution < -0.4 is 10.2 Å². The van der Waals surface area contributed by atoms with Gasteiger partial charge in [-0.05, 0) is 48.0 Å². The van der Waals surface area contributed by atoms with E-state index in [9.17, 15) is 0 Å². The van der Waals surface area contributed by atoms with Gasteiger partial charge in [-0.3, -0.25) is 5.10 Å². The molecule has 3 aromatic rings. The molecule has 0 spiro atoms. The number of aromatic amines is 1. The van der Waals surface area contributed by atoms with Crippen LogP contribution in [-0.2, 0) is 19.6 Å². The number of aromatic nitrogens is 3. The minimum Gasteiger partial charge on any atom is -0.489 e. The van der Waals surface area contributed by atoms with Gasteiger partial charge in [-0.1, -0.05) is 43.3 Å². The van der Waals surface area contributed by atoms with Gasteiger partial charge >= 0.3 is 0 Å². The number of ether oxygens (including phenoxy) is 1. The number of nitrogens with one attached hydrogen (secondary N) is 2. The zero-order valence-corrected chi connectivity index (χ0v) is 15.3. The van der Waals surface area contributed by atoms with Crippen molar-refractivity contribution in [1.82, 2.24) is 14.9 Å². The molecule has 1 aromatic heterocycles. The lowest BCUT2D eigenvalue weighted by Gasteiger charge is -2.11. The third kappa shape index (κ3) is 4.28. The molecule has 0 bridgehead atoms. The third-order valence-corrected chi connectivity index (χ3v) is 4.35. The van der Waals surface area contributed by atoms with E-state index in [0.717, 1.165) is 23.6 Å². The van der Waals surface area contributed by atoms with Crippen LogP contribution in [0, 0.1) is 11.7 Å². The largest absolute Gasteiger partial charge is 0.489 e. The van der Waals surface area contributed by atoms with E-state index in [1.54, 1.807) is 0 Å². The molecule has 6 heteroatoms. The Morgan fingerprint density at radius 1 is 1.16 bits per heavy atom. The van der Waals surface area contributed by atoms with Gasteiger partial charge in [0.05, 0.1) is 6.54 Å². The highest BCUT2D eigenvalue weighted by Crippen LogP contribution is 2.16. The second-order valence-electron chi connectivity index (χ2n) is 5.83. The number of hydrogen-bond acceptors (Lipinski definition) is 4. The highest BCUT2D eigenvalue weighted by Gasteiger charge is 2.04. The van der Waals surface area contributed by atoms with E-state index < -0.39 is 0 Å². The first kappa shape index (κ1) is 17.2. The van der Waals surface area contributed by atoms with E-state index in [4.69, 9.17) is 17.0 Å². The topological polar surface area (TPSA) is 54.9 Å². The second-order valence-corrected chi connectivity index (χ2v) is 6.21. The Balaban J connectivity index is 1.58. The predicted molar refractivity (Wildman–Crippen MR) is 102 cm³/mol. The van der Waals surface area contributed by atoms with Gasteiger partial charge in [0, 0.05) is 6.42 Å². The number of rotatable bonds is 7. The molecule has 5 nitrogen and oxygen atoms in total. The summed E-state index contributed by atoms with van der Waals surface area (Å²) in [7, 11) is 0. The Labute approximate surface area is 152 Å². The summed E-state index contributed by atoms with van der Waals surface area (Å²) < 4.78 is 8.27. The molecule has 0 atom stereocenters. The van der Waals surface area contributed by atoms with Gasteiger partial charge in [-0.15, -0.1) is 0 Å². The highest BCUT2D eigenvalue weighted by molar-refractivity contribution is 7.71. The van der Waals surface area contributed by atoms with Gasteiger partial charge in [0.2, 0.25) is 4.77 Å². The summed E-state index contributed by atoms with van der Waals surface area (Å²) in [6, 6.07) is 16.3. The van der Waals surface area contributed by atoms with Crippen molar-refractivity contribution in [3.8, 4) is 5.75 Å². The van der Waals surface area contributed by atoms with Crippen molar-refractivity contribution in [2.24, 2.45) is 0 Å². The fourth-order valence-corrected chi connectivity index (χ4v) is 2.75. The first-order valence-corrected chi connectivity index (χ1v) is 8.74. The standard InChI is InChI=1S/C19H22N4OS/c1-3-18-21-22-19(25)23(18)20-12-15-8-10-17(11-9-15)24-13-16-7-5-4-6-14(16)2/h4-11,20H,3,12-13H2,1-2H3,(H,22,25). The number of benzene rings is 2. The van der Waals surface area contributed by atoms with Gasteiger partial charge < -0.3 is 10.2 Å². The van der Waals surface area contributed by atoms with Crippen LogP contribution in [-0.4, -0.2) is 14.9 Å². The minimum atomic E-state index is 0.578. The van der Waals surface area contributed by atoms with Crippen LogP contribution in [0.15, 0.2) is 48.5 Å². The van der Waals surface area contributed by atoms with E-state index in [1.165, 1.54) is 11.1 Å². The molecule has 2 N–H and O–H groups in total. The maximum absolute atomic E-state index is 5.88. The van der Waals surface area contributed by atoms with Crippen LogP contribution in [0.5, 0.6) is 5.75 Å². The molecule has 0 aliphatic heterocycles. The smallest absolute Gasteiger partial charge is 0.214 e. The molecular weight excluding hydrogens is 332 g/mol. The molecule has 0 radical (unpaired) electrons. The summed E-state index contributed by atoms with van der Waals surface area (Å²) in [4.78, 5) is 0. The van der Waals surface area contributed by atoms with E-state index >= 15 is 0 Å². The molecule has 0 aliphatic rings. The second kappa shape index (κ2) is 7.98. The van der Waals surface area contributed by atoms with Gasteiger partial charge in [-0.25, -0.2) is 4.68 Å². The maximum atomic E-state index is 5.88. The quantitative estimate of drug-likeness (QED) is 0.626. The van der Waals surface area contributed by atoms with Crippen molar-refractivity contribution < 1.29 is 4.74 Å². The van der Waals surface area contributed by atoms with Gasteiger partial charge in [-0.2, -0.15) is 5.10 Å². The molecule has 0 aliphatic carbocycles. The number of nitrogens with zero attached hydrogens (tertiary/aromatic N) is 2. The molecule has 1 heterocycles. The molecule has 0 unspecified atom stereocenters. The van der Waals surface area contributed by atoms with Crippen LogP contribution in [0.3, 0.4) is 0 Å². The van der Waals surface area contributed by atoms with Crippen molar-refractivity contribution >= 4 is 12.2 Å². The Morgan fingerprint density at radius 3 is 2.64 bits per heavy atom. The van der Waals surface area contributed by atoms with Crippen molar-refractivity contribution in [3.63, 3.8) is 0 Å². The maximum Gasteiger partial charge on any atom is 0.214 e. The molecule has 0 saturated carbocycles. The Bertz CT molecular complexity index is 883. The summed E-state index contributed by atoms with van der Waals surface area (Å²) in [5, 5.41) is 6.99. The van der Waals surface area contributed by atoms with Crippen LogP contribution >= 0.6 is 12.2 Å². The van der Waals surface area contributed by atoms with Crippen LogP contribution in [0.1, 0.15) is 29.4 Å². The monoisotopic (exact) mass is 354 g/mol. The summed E-state index contributed by atoms with van der Waals surface area (Å²) >= 11 is 5.23. The van der Waals surface area contributed by atoms with E-state index in [0.29, 0.717) is 17.9 Å². The third-order valence-electron chi connectivity index (χ3n) is 4.08. The summed E-state index contributed by atoms with van der Waals surface area (Å²) in [5.74, 6) is 1.75. The van der Waals surface area contributed by atoms with Crippen LogP contribution in [0.25, 0.3) is 0 Å². The fraction of sp³-hybridized carbons (Fsp3) is 0.263. The lowest BCUT2D eigenvalue weighted by molar-refractivity contribution is 0.305. The van der Waals surface area contributed by atoms with Gasteiger partial charge in [0.1, 0.15) is 12.4 Å². The molecule has 130 valence electrons. The van der Waals surface area contributed by atoms with Crippen molar-refractivity contribution in [1.29, 1.82) is 0 Å². The van der Waals surface area contributed by atoms with Gasteiger partial charge in [0.25, 0.3) is 0 Å². The summed E-state index contributed by atoms with van der Waals surface area (Å²) in [5.41, 5.74) is 6.88. The summed E-state index contributed by atoms with van der Waals surface area (Å²) in [6.45, 7) is 5.38. The van der Waals surface area contributed by atoms with Crippen LogP contribution in [0.2, 0.25) is 0 Å². The van der Waals surface area contributed by atoms with Crippen molar-refractivity contribution in [2.75, 3.05) is 5.43 Å². The average molecular weight is 354 g/mol. The Hall–Kier alpha value is -2.60. The molecule has 0 saturated heterocycles. The molecular formula is C19H22N4OS. The zero-order valence-electron chi connectivity index (χ0n) is 14.5. The fourth-order valence-electron chi connectivity index (χ4n) is 2.54. The highest BCUT2D eigenvalue weighted by atomic mass is 32.1. The van der Waals surface area contributed by atoms with Gasteiger partial charge in [0.15, 0.2) is 5.82 Å². The van der Waals surface area contributed by atoms with E-state index in [1.807, 2.05) is 35.9 Å². The zero-order chi connectivity index (χ0) is 17.6. The number of aryl methyl sites for hydroxylation is 2. The predicted octanol–water partition coefficient (Wildman–Crippen LogP) is 4.13. The lowest BCUT2D eigenvalue weighted by Crippen LogP contribution is -2.17. The average Bonchev–Trinajstić information content (AvgIpc) is 3.00. The molecule has 0 amide bonds. The number of H-pyrrole nitrogens is 1. The molecule has 2 aromatic carbocycles. The Morgan fingerprint density at radius 2 is 1.92 bits per heavy atom. The first-order valence-electron chi connectivity index (χ1n) is 8.33.